The lowest BCUT2D eigenvalue weighted by atomic mass is 9.86. The Bertz CT molecular complexity index is 1210. The predicted molar refractivity (Wildman–Crippen MR) is 131 cm³/mol. The van der Waals surface area contributed by atoms with Gasteiger partial charge in [-0.05, 0) is 54.4 Å². The summed E-state index contributed by atoms with van der Waals surface area (Å²) in [6.45, 7) is 9.14. The first-order valence-corrected chi connectivity index (χ1v) is 11.6. The normalized spacial score (nSPS) is 13.8. The van der Waals surface area contributed by atoms with E-state index in [1.54, 1.807) is 0 Å². The van der Waals surface area contributed by atoms with Crippen molar-refractivity contribution >= 4 is 17.5 Å². The van der Waals surface area contributed by atoms with Gasteiger partial charge in [-0.3, -0.25) is 4.79 Å². The SMILES string of the molecule is CCCNc1nc(OC)c(NC(=O)c2coc(Oc3cc4c(cc3C)CCC4(C)C)n2)c(OC)n1. The average molecular weight is 482 g/mol. The van der Waals surface area contributed by atoms with Crippen molar-refractivity contribution < 1.29 is 23.4 Å². The largest absolute Gasteiger partial charge is 0.479 e. The van der Waals surface area contributed by atoms with Gasteiger partial charge in [0.15, 0.2) is 11.4 Å². The molecule has 0 fully saturated rings. The third-order valence-corrected chi connectivity index (χ3v) is 6.06. The monoisotopic (exact) mass is 481 g/mol. The van der Waals surface area contributed by atoms with Crippen molar-refractivity contribution in [2.24, 2.45) is 0 Å². The molecule has 10 heteroatoms. The first-order valence-electron chi connectivity index (χ1n) is 11.6. The Labute approximate surface area is 204 Å². The molecule has 2 aromatic heterocycles. The molecule has 0 aliphatic heterocycles. The third kappa shape index (κ3) is 5.01. The molecule has 10 nitrogen and oxygen atoms in total. The number of hydrogen-bond donors (Lipinski definition) is 2. The van der Waals surface area contributed by atoms with E-state index in [0.717, 1.165) is 24.8 Å². The highest BCUT2D eigenvalue weighted by Crippen LogP contribution is 2.42. The molecule has 0 bridgehead atoms. The number of aryl methyl sites for hydroxylation is 2. The molecular weight excluding hydrogens is 450 g/mol. The Morgan fingerprint density at radius 3 is 2.51 bits per heavy atom. The van der Waals surface area contributed by atoms with Crippen LogP contribution in [0.4, 0.5) is 11.6 Å². The molecule has 0 atom stereocenters. The zero-order valence-corrected chi connectivity index (χ0v) is 20.9. The number of fused-ring (bicyclic) bond motifs is 1. The van der Waals surface area contributed by atoms with Crippen LogP contribution in [0, 0.1) is 6.92 Å². The summed E-state index contributed by atoms with van der Waals surface area (Å²) in [5.41, 5.74) is 3.88. The van der Waals surface area contributed by atoms with Crippen LogP contribution in [0.15, 0.2) is 22.8 Å². The van der Waals surface area contributed by atoms with E-state index >= 15 is 0 Å². The number of amides is 1. The summed E-state index contributed by atoms with van der Waals surface area (Å²) >= 11 is 0. The minimum absolute atomic E-state index is 0.0245. The van der Waals surface area contributed by atoms with E-state index in [-0.39, 0.29) is 34.6 Å². The summed E-state index contributed by atoms with van der Waals surface area (Å²) < 4.78 is 22.0. The molecule has 4 rings (SSSR count). The maximum Gasteiger partial charge on any atom is 0.399 e. The van der Waals surface area contributed by atoms with Crippen molar-refractivity contribution in [1.82, 2.24) is 15.0 Å². The number of anilines is 2. The summed E-state index contributed by atoms with van der Waals surface area (Å²) in [6.07, 6.45) is 4.25. The first-order chi connectivity index (χ1) is 16.7. The molecule has 1 amide bonds. The van der Waals surface area contributed by atoms with Crippen molar-refractivity contribution in [3.05, 3.63) is 40.8 Å². The Balaban J connectivity index is 1.53. The van der Waals surface area contributed by atoms with Gasteiger partial charge in [0.1, 0.15) is 12.0 Å². The molecular formula is C25H31N5O5. The second-order valence-corrected chi connectivity index (χ2v) is 9.08. The number of nitrogens with one attached hydrogen (secondary N) is 2. The number of nitrogens with zero attached hydrogens (tertiary/aromatic N) is 3. The van der Waals surface area contributed by atoms with Gasteiger partial charge in [0.05, 0.1) is 14.2 Å². The zero-order chi connectivity index (χ0) is 25.2. The number of ether oxygens (including phenoxy) is 3. The summed E-state index contributed by atoms with van der Waals surface area (Å²) in [5.74, 6) is 0.744. The lowest BCUT2D eigenvalue weighted by Gasteiger charge is -2.20. The van der Waals surface area contributed by atoms with Gasteiger partial charge < -0.3 is 29.3 Å². The van der Waals surface area contributed by atoms with Gasteiger partial charge in [-0.2, -0.15) is 15.0 Å². The Morgan fingerprint density at radius 2 is 1.86 bits per heavy atom. The van der Waals surface area contributed by atoms with Crippen LogP contribution < -0.4 is 24.8 Å². The van der Waals surface area contributed by atoms with E-state index in [4.69, 9.17) is 18.6 Å². The van der Waals surface area contributed by atoms with Crippen molar-refractivity contribution in [3.63, 3.8) is 0 Å². The minimum Gasteiger partial charge on any atom is -0.479 e. The minimum atomic E-state index is -0.551. The van der Waals surface area contributed by atoms with Crippen LogP contribution in [0.5, 0.6) is 23.6 Å². The van der Waals surface area contributed by atoms with Gasteiger partial charge in [-0.25, -0.2) is 0 Å². The molecule has 0 unspecified atom stereocenters. The van der Waals surface area contributed by atoms with Crippen LogP contribution in [-0.4, -0.2) is 41.6 Å². The lowest BCUT2D eigenvalue weighted by Crippen LogP contribution is -2.16. The number of benzene rings is 1. The highest BCUT2D eigenvalue weighted by Gasteiger charge is 2.31. The van der Waals surface area contributed by atoms with E-state index in [2.05, 4.69) is 45.5 Å². The first kappa shape index (κ1) is 24.3. The van der Waals surface area contributed by atoms with Crippen molar-refractivity contribution in [3.8, 4) is 23.6 Å². The Morgan fingerprint density at radius 1 is 1.14 bits per heavy atom. The van der Waals surface area contributed by atoms with Gasteiger partial charge in [0.25, 0.3) is 5.91 Å². The van der Waals surface area contributed by atoms with E-state index in [0.29, 0.717) is 18.2 Å². The van der Waals surface area contributed by atoms with E-state index in [1.807, 2.05) is 19.9 Å². The fraction of sp³-hybridized carbons (Fsp3) is 0.440. The molecule has 0 radical (unpaired) electrons. The predicted octanol–water partition coefficient (Wildman–Crippen LogP) is 4.88. The number of carbonyl (C=O) groups excluding carboxylic acids is 1. The Hall–Kier alpha value is -3.82. The molecule has 0 saturated heterocycles. The van der Waals surface area contributed by atoms with Gasteiger partial charge in [0, 0.05) is 6.54 Å². The lowest BCUT2D eigenvalue weighted by molar-refractivity contribution is 0.102. The second-order valence-electron chi connectivity index (χ2n) is 9.08. The van der Waals surface area contributed by atoms with Gasteiger partial charge in [0.2, 0.25) is 17.7 Å². The van der Waals surface area contributed by atoms with Crippen LogP contribution in [0.3, 0.4) is 0 Å². The summed E-state index contributed by atoms with van der Waals surface area (Å²) in [7, 11) is 2.90. The Kier molecular flexibility index (Phi) is 6.81. The quantitative estimate of drug-likeness (QED) is 0.440. The second kappa shape index (κ2) is 9.81. The number of hydrogen-bond acceptors (Lipinski definition) is 9. The molecule has 0 saturated carbocycles. The number of aromatic nitrogens is 3. The average Bonchev–Trinajstić information content (AvgIpc) is 3.42. The topological polar surface area (TPSA) is 121 Å². The van der Waals surface area contributed by atoms with Crippen molar-refractivity contribution in [2.75, 3.05) is 31.4 Å². The van der Waals surface area contributed by atoms with Crippen molar-refractivity contribution in [1.29, 1.82) is 0 Å². The summed E-state index contributed by atoms with van der Waals surface area (Å²) in [5, 5.41) is 5.76. The van der Waals surface area contributed by atoms with Crippen LogP contribution in [-0.2, 0) is 11.8 Å². The summed E-state index contributed by atoms with van der Waals surface area (Å²) in [6, 6.07) is 4.19. The highest BCUT2D eigenvalue weighted by molar-refractivity contribution is 6.04. The van der Waals surface area contributed by atoms with Gasteiger partial charge in [-0.15, -0.1) is 0 Å². The third-order valence-electron chi connectivity index (χ3n) is 6.06. The van der Waals surface area contributed by atoms with E-state index in [1.165, 1.54) is 31.6 Å². The fourth-order valence-corrected chi connectivity index (χ4v) is 4.10. The maximum atomic E-state index is 12.9. The van der Waals surface area contributed by atoms with Crippen LogP contribution in [0.25, 0.3) is 0 Å². The van der Waals surface area contributed by atoms with E-state index in [9.17, 15) is 4.79 Å². The summed E-state index contributed by atoms with van der Waals surface area (Å²) in [4.78, 5) is 25.7. The molecule has 2 heterocycles. The number of oxazole rings is 1. The van der Waals surface area contributed by atoms with Crippen LogP contribution in [0.2, 0.25) is 0 Å². The molecule has 0 spiro atoms. The molecule has 35 heavy (non-hydrogen) atoms. The standard InChI is InChI=1S/C25H31N5O5/c1-7-10-26-23-29-21(32-5)19(22(30-23)33-6)28-20(31)17-13-34-24(27-17)35-18-12-16-15(11-14(18)2)8-9-25(16,3)4/h11-13H,7-10H2,1-6H3,(H,28,31)(H,26,29,30). The van der Waals surface area contributed by atoms with Gasteiger partial charge in [-0.1, -0.05) is 26.8 Å². The smallest absolute Gasteiger partial charge is 0.399 e. The molecule has 2 N–H and O–H groups in total. The number of methoxy groups -OCH3 is 2. The number of rotatable bonds is 9. The van der Waals surface area contributed by atoms with Crippen molar-refractivity contribution in [2.45, 2.75) is 52.4 Å². The molecule has 3 aromatic rings. The number of carbonyl (C=O) groups is 1. The molecule has 1 aromatic carbocycles. The molecule has 1 aliphatic rings. The van der Waals surface area contributed by atoms with Gasteiger partial charge >= 0.3 is 6.08 Å². The fourth-order valence-electron chi connectivity index (χ4n) is 4.10. The zero-order valence-electron chi connectivity index (χ0n) is 20.9. The van der Waals surface area contributed by atoms with E-state index < -0.39 is 5.91 Å². The molecule has 186 valence electrons. The molecule has 1 aliphatic carbocycles. The van der Waals surface area contributed by atoms with Crippen LogP contribution in [0.1, 0.15) is 60.8 Å². The highest BCUT2D eigenvalue weighted by atomic mass is 16.6. The van der Waals surface area contributed by atoms with Crippen LogP contribution >= 0.6 is 0 Å². The maximum absolute atomic E-state index is 12.9.